The maximum atomic E-state index is 13.7. The number of anilines is 3. The SMILES string of the molecule is CN(C)CCOc1ccc(-c2ccccc2)c(CN2CCN(c3ccc4c(NS(=O)(=O)c5ccc(NC(C)(C)CSc6ccccc6)c([N+](=O)[O-])c5)ncnc4c3)CC2)c1. The van der Waals surface area contributed by atoms with Crippen LogP contribution in [0, 0.1) is 10.1 Å². The fraction of sp³-hybridized carbons (Fsp3) is 0.289. The molecule has 1 fully saturated rings. The summed E-state index contributed by atoms with van der Waals surface area (Å²) in [6.45, 7) is 9.40. The molecular weight excluding hydrogens is 797 g/mol. The second-order valence-corrected chi connectivity index (χ2v) is 18.4. The zero-order valence-electron chi connectivity index (χ0n) is 34.2. The average molecular weight is 847 g/mol. The van der Waals surface area contributed by atoms with Crippen molar-refractivity contribution in [2.24, 2.45) is 0 Å². The molecular formula is C45H50N8O5S2. The van der Waals surface area contributed by atoms with Crippen LogP contribution in [0.3, 0.4) is 0 Å². The van der Waals surface area contributed by atoms with Gasteiger partial charge in [0.25, 0.3) is 15.7 Å². The lowest BCUT2D eigenvalue weighted by atomic mass is 9.98. The van der Waals surface area contributed by atoms with Crippen LogP contribution in [-0.2, 0) is 16.6 Å². The molecule has 2 N–H and O–H groups in total. The maximum absolute atomic E-state index is 13.7. The first-order chi connectivity index (χ1) is 28.8. The number of nitro groups is 1. The lowest BCUT2D eigenvalue weighted by molar-refractivity contribution is -0.384. The summed E-state index contributed by atoms with van der Waals surface area (Å²) in [6.07, 6.45) is 1.32. The van der Waals surface area contributed by atoms with E-state index in [-0.39, 0.29) is 22.1 Å². The number of aromatic nitrogens is 2. The number of sulfonamides is 1. The number of hydrogen-bond donors (Lipinski definition) is 2. The summed E-state index contributed by atoms with van der Waals surface area (Å²) in [6, 6.07) is 36.3. The molecule has 0 radical (unpaired) electrons. The highest BCUT2D eigenvalue weighted by molar-refractivity contribution is 7.99. The van der Waals surface area contributed by atoms with Gasteiger partial charge in [0.2, 0.25) is 0 Å². The summed E-state index contributed by atoms with van der Waals surface area (Å²) >= 11 is 1.62. The van der Waals surface area contributed by atoms with Gasteiger partial charge in [-0.3, -0.25) is 19.7 Å². The Morgan fingerprint density at radius 1 is 0.883 bits per heavy atom. The van der Waals surface area contributed by atoms with E-state index < -0.39 is 20.5 Å². The van der Waals surface area contributed by atoms with Crippen LogP contribution in [0.2, 0.25) is 0 Å². The molecule has 60 heavy (non-hydrogen) atoms. The van der Waals surface area contributed by atoms with E-state index in [9.17, 15) is 18.5 Å². The number of rotatable bonds is 17. The minimum atomic E-state index is -4.26. The van der Waals surface area contributed by atoms with Crippen LogP contribution in [0.5, 0.6) is 5.75 Å². The Morgan fingerprint density at radius 2 is 1.62 bits per heavy atom. The fourth-order valence-corrected chi connectivity index (χ4v) is 9.07. The number of piperazine rings is 1. The predicted molar refractivity (Wildman–Crippen MR) is 242 cm³/mol. The van der Waals surface area contributed by atoms with Crippen LogP contribution in [0.1, 0.15) is 19.4 Å². The van der Waals surface area contributed by atoms with Crippen molar-refractivity contribution in [2.45, 2.75) is 35.7 Å². The topological polar surface area (TPSA) is 146 Å². The summed E-state index contributed by atoms with van der Waals surface area (Å²) in [5.41, 5.74) is 4.46. The molecule has 0 spiro atoms. The third-order valence-electron chi connectivity index (χ3n) is 10.2. The van der Waals surface area contributed by atoms with E-state index in [0.29, 0.717) is 23.3 Å². The molecule has 13 nitrogen and oxygen atoms in total. The molecule has 5 aromatic carbocycles. The van der Waals surface area contributed by atoms with Crippen LogP contribution in [0.25, 0.3) is 22.0 Å². The summed E-state index contributed by atoms with van der Waals surface area (Å²) < 4.78 is 36.1. The number of nitrogens with one attached hydrogen (secondary N) is 2. The lowest BCUT2D eigenvalue weighted by Gasteiger charge is -2.36. The van der Waals surface area contributed by atoms with Crippen LogP contribution < -0.4 is 19.7 Å². The maximum Gasteiger partial charge on any atom is 0.293 e. The second-order valence-electron chi connectivity index (χ2n) is 15.7. The molecule has 0 unspecified atom stereocenters. The summed E-state index contributed by atoms with van der Waals surface area (Å²) in [7, 11) is -0.194. The van der Waals surface area contributed by atoms with Crippen molar-refractivity contribution in [3.8, 4) is 16.9 Å². The van der Waals surface area contributed by atoms with Gasteiger partial charge in [0.05, 0.1) is 15.3 Å². The first-order valence-electron chi connectivity index (χ1n) is 19.8. The molecule has 0 aliphatic carbocycles. The van der Waals surface area contributed by atoms with Gasteiger partial charge in [0.1, 0.15) is 24.4 Å². The van der Waals surface area contributed by atoms with Crippen molar-refractivity contribution in [3.63, 3.8) is 0 Å². The minimum absolute atomic E-state index is 0.0856. The Morgan fingerprint density at radius 3 is 2.33 bits per heavy atom. The molecule has 0 amide bonds. The fourth-order valence-electron chi connectivity index (χ4n) is 7.07. The Hall–Kier alpha value is -5.74. The zero-order chi connectivity index (χ0) is 42.3. The number of benzene rings is 5. The molecule has 312 valence electrons. The van der Waals surface area contributed by atoms with Gasteiger partial charge in [-0.25, -0.2) is 18.4 Å². The van der Waals surface area contributed by atoms with Gasteiger partial charge >= 0.3 is 0 Å². The standard InChI is InChI=1S/C45H50N8O5S2/c1-45(2,31-59-37-13-9-6-10-14-37)48-41-20-17-38(29-43(41)53(54)55)60(56,57)49-44-40-18-15-35(28-42(40)46-32-47-44)52-23-21-51(22-24-52)30-34-27-36(58-26-25-50(3)4)16-19-39(34)33-11-7-5-8-12-33/h5-20,27-29,32,48H,21-26,30-31H2,1-4H3,(H,46,47,49). The van der Waals surface area contributed by atoms with E-state index in [1.54, 1.807) is 11.8 Å². The quantitative estimate of drug-likeness (QED) is 0.0518. The molecule has 6 aromatic rings. The summed E-state index contributed by atoms with van der Waals surface area (Å²) in [5.74, 6) is 1.57. The molecule has 1 saturated heterocycles. The molecule has 2 heterocycles. The first-order valence-corrected chi connectivity index (χ1v) is 22.3. The van der Waals surface area contributed by atoms with Gasteiger partial charge in [-0.05, 0) is 99.2 Å². The molecule has 1 aliphatic heterocycles. The average Bonchev–Trinajstić information content (AvgIpc) is 3.23. The number of hydrogen-bond acceptors (Lipinski definition) is 12. The largest absolute Gasteiger partial charge is 0.492 e. The first kappa shape index (κ1) is 42.4. The molecule has 0 saturated carbocycles. The van der Waals surface area contributed by atoms with Crippen LogP contribution in [-0.4, -0.2) is 97.8 Å². The van der Waals surface area contributed by atoms with Gasteiger partial charge in [-0.15, -0.1) is 11.8 Å². The van der Waals surface area contributed by atoms with Gasteiger partial charge in [0, 0.05) is 72.6 Å². The third kappa shape index (κ3) is 10.7. The number of thioether (sulfide) groups is 1. The number of nitrogens with zero attached hydrogens (tertiary/aromatic N) is 6. The van der Waals surface area contributed by atoms with Crippen LogP contribution >= 0.6 is 11.8 Å². The van der Waals surface area contributed by atoms with Crippen molar-refractivity contribution in [2.75, 3.05) is 74.1 Å². The van der Waals surface area contributed by atoms with Crippen molar-refractivity contribution >= 4 is 55.6 Å². The number of fused-ring (bicyclic) bond motifs is 1. The van der Waals surface area contributed by atoms with Gasteiger partial charge in [0.15, 0.2) is 5.82 Å². The number of ether oxygens (including phenoxy) is 1. The van der Waals surface area contributed by atoms with Crippen LogP contribution in [0.15, 0.2) is 131 Å². The van der Waals surface area contributed by atoms with Crippen molar-refractivity contribution < 1.29 is 18.1 Å². The van der Waals surface area contributed by atoms with Crippen molar-refractivity contribution in [3.05, 3.63) is 137 Å². The minimum Gasteiger partial charge on any atom is -0.492 e. The van der Waals surface area contributed by atoms with Crippen LogP contribution in [0.4, 0.5) is 22.9 Å². The highest BCUT2D eigenvalue weighted by atomic mass is 32.2. The molecule has 0 atom stereocenters. The van der Waals surface area contributed by atoms with Gasteiger partial charge in [-0.2, -0.15) is 0 Å². The lowest BCUT2D eigenvalue weighted by Crippen LogP contribution is -2.46. The van der Waals surface area contributed by atoms with E-state index in [2.05, 4.69) is 77.2 Å². The van der Waals surface area contributed by atoms with Crippen molar-refractivity contribution in [1.82, 2.24) is 19.8 Å². The van der Waals surface area contributed by atoms with E-state index in [4.69, 9.17) is 4.74 Å². The molecule has 1 aliphatic rings. The molecule has 1 aromatic heterocycles. The molecule has 7 rings (SSSR count). The smallest absolute Gasteiger partial charge is 0.293 e. The van der Waals surface area contributed by atoms with Gasteiger partial charge < -0.3 is 19.9 Å². The Kier molecular flexibility index (Phi) is 13.2. The highest BCUT2D eigenvalue weighted by Gasteiger charge is 2.27. The third-order valence-corrected chi connectivity index (χ3v) is 13.1. The van der Waals surface area contributed by atoms with Crippen molar-refractivity contribution in [1.29, 1.82) is 0 Å². The zero-order valence-corrected chi connectivity index (χ0v) is 35.9. The van der Waals surface area contributed by atoms with E-state index in [1.165, 1.54) is 35.2 Å². The summed E-state index contributed by atoms with van der Waals surface area (Å²) in [5, 5.41) is 16.0. The van der Waals surface area contributed by atoms with E-state index >= 15 is 0 Å². The summed E-state index contributed by atoms with van der Waals surface area (Å²) in [4.78, 5) is 28.0. The number of nitro benzene ring substituents is 1. The molecule has 15 heteroatoms. The number of likely N-dealkylation sites (N-methyl/N-ethyl adjacent to an activating group) is 1. The monoisotopic (exact) mass is 846 g/mol. The van der Waals surface area contributed by atoms with Gasteiger partial charge in [-0.1, -0.05) is 54.6 Å². The van der Waals surface area contributed by atoms with E-state index in [0.717, 1.165) is 61.7 Å². The Bertz CT molecular complexity index is 2540. The van der Waals surface area contributed by atoms with E-state index in [1.807, 2.05) is 82.5 Å². The Labute approximate surface area is 356 Å². The molecule has 0 bridgehead atoms. The normalized spacial score (nSPS) is 13.7. The second kappa shape index (κ2) is 18.7. The highest BCUT2D eigenvalue weighted by Crippen LogP contribution is 2.34. The Balaban J connectivity index is 1.02. The predicted octanol–water partition coefficient (Wildman–Crippen LogP) is 8.25.